The molecule has 1 fully saturated rings. The van der Waals surface area contributed by atoms with Crippen molar-refractivity contribution in [2.24, 2.45) is 0 Å². The summed E-state index contributed by atoms with van der Waals surface area (Å²) >= 11 is 0. The highest BCUT2D eigenvalue weighted by Crippen LogP contribution is 2.29. The number of alkyl halides is 3. The average molecular weight is 724 g/mol. The van der Waals surface area contributed by atoms with Gasteiger partial charge >= 0.3 is 6.18 Å². The van der Waals surface area contributed by atoms with Crippen molar-refractivity contribution in [1.82, 2.24) is 14.7 Å². The van der Waals surface area contributed by atoms with Crippen LogP contribution in [0, 0.1) is 11.3 Å². The molecule has 0 aromatic heterocycles. The zero-order chi connectivity index (χ0) is 37.8. The van der Waals surface area contributed by atoms with Crippen LogP contribution in [0.15, 0.2) is 109 Å². The van der Waals surface area contributed by atoms with Crippen molar-refractivity contribution in [3.8, 4) is 6.07 Å². The zero-order valence-corrected chi connectivity index (χ0v) is 30.0. The van der Waals surface area contributed by atoms with Crippen LogP contribution in [0.5, 0.6) is 0 Å². The van der Waals surface area contributed by atoms with Crippen molar-refractivity contribution >= 4 is 23.6 Å². The van der Waals surface area contributed by atoms with Crippen LogP contribution in [-0.2, 0) is 40.0 Å². The maximum atomic E-state index is 14.4. The van der Waals surface area contributed by atoms with Crippen LogP contribution < -0.4 is 4.90 Å². The lowest BCUT2D eigenvalue weighted by molar-refractivity contribution is -0.143. The fourth-order valence-corrected chi connectivity index (χ4v) is 6.20. The molecule has 1 atom stereocenters. The second kappa shape index (κ2) is 18.4. The van der Waals surface area contributed by atoms with Crippen LogP contribution in [0.25, 0.3) is 6.08 Å². The third-order valence-electron chi connectivity index (χ3n) is 9.24. The van der Waals surface area contributed by atoms with Crippen molar-refractivity contribution < 1.29 is 27.5 Å². The van der Waals surface area contributed by atoms with Gasteiger partial charge in [0.15, 0.2) is 0 Å². The lowest BCUT2D eigenvalue weighted by Gasteiger charge is -2.34. The zero-order valence-electron chi connectivity index (χ0n) is 30.0. The Morgan fingerprint density at radius 3 is 2.19 bits per heavy atom. The van der Waals surface area contributed by atoms with Gasteiger partial charge in [0.2, 0.25) is 11.8 Å². The fourth-order valence-electron chi connectivity index (χ4n) is 6.20. The SMILES string of the molecule is CN(CCN(C)C(=O)C(Cc1ccccc1)N(Cc1ccc(N2CCOCC2)cc1)C(=O)C=Cc1ccc(C(F)(F)F)cc1)Cc1cccc(C#N)c1. The number of hydrogen-bond acceptors (Lipinski definition) is 6. The topological polar surface area (TPSA) is 80.1 Å². The Bertz CT molecular complexity index is 1870. The van der Waals surface area contributed by atoms with E-state index in [1.165, 1.54) is 24.3 Å². The second-order valence-electron chi connectivity index (χ2n) is 13.2. The molecule has 1 heterocycles. The van der Waals surface area contributed by atoms with Gasteiger partial charge in [0.1, 0.15) is 6.04 Å². The average Bonchev–Trinajstić information content (AvgIpc) is 3.18. The monoisotopic (exact) mass is 723 g/mol. The van der Waals surface area contributed by atoms with Gasteiger partial charge in [0, 0.05) is 64.5 Å². The van der Waals surface area contributed by atoms with Crippen LogP contribution >= 0.6 is 0 Å². The quantitative estimate of drug-likeness (QED) is 0.136. The summed E-state index contributed by atoms with van der Waals surface area (Å²) in [7, 11) is 3.67. The largest absolute Gasteiger partial charge is 0.416 e. The number of morpholine rings is 1. The van der Waals surface area contributed by atoms with Crippen LogP contribution in [0.2, 0.25) is 0 Å². The Morgan fingerprint density at radius 1 is 0.849 bits per heavy atom. The Kier molecular flexibility index (Phi) is 13.4. The number of likely N-dealkylation sites (N-methyl/N-ethyl adjacent to an activating group) is 2. The molecule has 0 saturated carbocycles. The number of nitrogens with zero attached hydrogens (tertiary/aromatic N) is 5. The predicted octanol–water partition coefficient (Wildman–Crippen LogP) is 6.66. The molecular weight excluding hydrogens is 679 g/mol. The summed E-state index contributed by atoms with van der Waals surface area (Å²) in [6.45, 7) is 4.50. The highest BCUT2D eigenvalue weighted by molar-refractivity contribution is 5.95. The van der Waals surface area contributed by atoms with Gasteiger partial charge in [-0.15, -0.1) is 0 Å². The molecule has 2 amide bonds. The number of anilines is 1. The summed E-state index contributed by atoms with van der Waals surface area (Å²) in [6, 6.07) is 30.7. The minimum absolute atomic E-state index is 0.131. The lowest BCUT2D eigenvalue weighted by atomic mass is 10.0. The van der Waals surface area contributed by atoms with Crippen LogP contribution in [0.1, 0.15) is 33.4 Å². The molecule has 276 valence electrons. The van der Waals surface area contributed by atoms with Gasteiger partial charge in [0.25, 0.3) is 0 Å². The maximum Gasteiger partial charge on any atom is 0.416 e. The first-order valence-electron chi connectivity index (χ1n) is 17.5. The van der Waals surface area contributed by atoms with E-state index in [4.69, 9.17) is 4.74 Å². The molecule has 11 heteroatoms. The minimum atomic E-state index is -4.47. The smallest absolute Gasteiger partial charge is 0.378 e. The summed E-state index contributed by atoms with van der Waals surface area (Å²) in [5.74, 6) is -0.686. The van der Waals surface area contributed by atoms with Crippen LogP contribution in [0.3, 0.4) is 0 Å². The molecule has 0 bridgehead atoms. The molecule has 4 aromatic carbocycles. The highest BCUT2D eigenvalue weighted by Gasteiger charge is 2.32. The molecule has 0 aliphatic carbocycles. The Hall–Kier alpha value is -5.44. The summed E-state index contributed by atoms with van der Waals surface area (Å²) < 4.78 is 45.0. The van der Waals surface area contributed by atoms with E-state index in [0.717, 1.165) is 47.6 Å². The Morgan fingerprint density at radius 2 is 1.53 bits per heavy atom. The van der Waals surface area contributed by atoms with Crippen molar-refractivity contribution in [2.45, 2.75) is 31.7 Å². The molecule has 53 heavy (non-hydrogen) atoms. The van der Waals surface area contributed by atoms with E-state index < -0.39 is 23.7 Å². The number of hydrogen-bond donors (Lipinski definition) is 0. The number of carbonyl (C=O) groups excluding carboxylic acids is 2. The van der Waals surface area contributed by atoms with E-state index in [1.54, 1.807) is 22.9 Å². The standard InChI is InChI=1S/C42H44F3N5O3/c1-47(30-36-10-6-9-35(27-36)29-46)21-22-48(2)41(52)39(28-33-7-4-3-5-8-33)50(31-34-13-18-38(19-14-34)49-23-25-53-26-24-49)40(51)20-15-32-11-16-37(17-12-32)42(43,44)45/h3-20,27,39H,21-26,28,30-31H2,1-2H3. The van der Waals surface area contributed by atoms with E-state index in [-0.39, 0.29) is 18.9 Å². The van der Waals surface area contributed by atoms with E-state index in [2.05, 4.69) is 15.9 Å². The van der Waals surface area contributed by atoms with Crippen molar-refractivity contribution in [3.05, 3.63) is 143 Å². The molecule has 0 N–H and O–H groups in total. The third kappa shape index (κ3) is 11.3. The number of nitriles is 1. The number of benzene rings is 4. The molecule has 4 aromatic rings. The number of ether oxygens (including phenoxy) is 1. The summed E-state index contributed by atoms with van der Waals surface area (Å²) in [5, 5.41) is 9.28. The van der Waals surface area contributed by atoms with Gasteiger partial charge in [-0.05, 0) is 71.8 Å². The number of carbonyl (C=O) groups is 2. The van der Waals surface area contributed by atoms with E-state index in [0.29, 0.717) is 44.0 Å². The number of amides is 2. The van der Waals surface area contributed by atoms with E-state index in [9.17, 15) is 28.0 Å². The first-order valence-corrected chi connectivity index (χ1v) is 17.5. The molecular formula is C42H44F3N5O3. The Labute approximate surface area is 309 Å². The number of rotatable bonds is 14. The van der Waals surface area contributed by atoms with Gasteiger partial charge in [-0.25, -0.2) is 0 Å². The maximum absolute atomic E-state index is 14.4. The van der Waals surface area contributed by atoms with Gasteiger partial charge in [0.05, 0.1) is 30.4 Å². The van der Waals surface area contributed by atoms with Gasteiger partial charge < -0.3 is 24.3 Å². The Balaban J connectivity index is 1.40. The molecule has 1 aliphatic heterocycles. The molecule has 8 nitrogen and oxygen atoms in total. The van der Waals surface area contributed by atoms with Crippen molar-refractivity contribution in [2.75, 3.05) is 58.4 Å². The lowest BCUT2D eigenvalue weighted by Crippen LogP contribution is -2.51. The third-order valence-corrected chi connectivity index (χ3v) is 9.24. The summed E-state index contributed by atoms with van der Waals surface area (Å²) in [5.41, 5.74) is 3.96. The van der Waals surface area contributed by atoms with Crippen molar-refractivity contribution in [1.29, 1.82) is 5.26 Å². The first-order chi connectivity index (χ1) is 25.5. The minimum Gasteiger partial charge on any atom is -0.378 e. The van der Waals surface area contributed by atoms with Crippen molar-refractivity contribution in [3.63, 3.8) is 0 Å². The van der Waals surface area contributed by atoms with Gasteiger partial charge in [-0.3, -0.25) is 9.59 Å². The predicted molar refractivity (Wildman–Crippen MR) is 200 cm³/mol. The molecule has 0 spiro atoms. The normalized spacial score (nSPS) is 13.9. The van der Waals surface area contributed by atoms with Crippen LogP contribution in [-0.4, -0.2) is 86.0 Å². The second-order valence-corrected chi connectivity index (χ2v) is 13.2. The molecule has 5 rings (SSSR count). The van der Waals surface area contributed by atoms with Crippen LogP contribution in [0.4, 0.5) is 18.9 Å². The van der Waals surface area contributed by atoms with Gasteiger partial charge in [-0.1, -0.05) is 66.7 Å². The molecule has 0 radical (unpaired) electrons. The fraction of sp³-hybridized carbons (Fsp3) is 0.310. The van der Waals surface area contributed by atoms with E-state index in [1.807, 2.05) is 79.8 Å². The van der Waals surface area contributed by atoms with E-state index >= 15 is 0 Å². The molecule has 1 saturated heterocycles. The number of halogens is 3. The van der Waals surface area contributed by atoms with Gasteiger partial charge in [-0.2, -0.15) is 18.4 Å². The summed E-state index contributed by atoms with van der Waals surface area (Å²) in [6.07, 6.45) is -1.42. The highest BCUT2D eigenvalue weighted by atomic mass is 19.4. The summed E-state index contributed by atoms with van der Waals surface area (Å²) in [4.78, 5) is 36.1. The molecule has 1 aliphatic rings. The molecule has 1 unspecified atom stereocenters. The first kappa shape index (κ1) is 38.8.